The van der Waals surface area contributed by atoms with Crippen LogP contribution in [-0.4, -0.2) is 42.8 Å². The van der Waals surface area contributed by atoms with Crippen molar-refractivity contribution in [2.24, 2.45) is 0 Å². The third kappa shape index (κ3) is 5.67. The maximum Gasteiger partial charge on any atom is 0.315 e. The van der Waals surface area contributed by atoms with Gasteiger partial charge in [-0.25, -0.2) is 13.2 Å². The normalized spacial score (nSPS) is 15.9. The van der Waals surface area contributed by atoms with Gasteiger partial charge in [0, 0.05) is 25.5 Å². The smallest absolute Gasteiger partial charge is 0.315 e. The Morgan fingerprint density at radius 1 is 1.07 bits per heavy atom. The molecule has 7 nitrogen and oxygen atoms in total. The van der Waals surface area contributed by atoms with Crippen molar-refractivity contribution >= 4 is 15.9 Å². The molecule has 0 spiro atoms. The summed E-state index contributed by atoms with van der Waals surface area (Å²) in [6.45, 7) is 5.98. The average Bonchev–Trinajstić information content (AvgIpc) is 2.78. The summed E-state index contributed by atoms with van der Waals surface area (Å²) in [5.74, 6) is 0. The average molecular weight is 429 g/mol. The summed E-state index contributed by atoms with van der Waals surface area (Å²) in [5.41, 5.74) is 1.73. The molecule has 1 aliphatic heterocycles. The largest absolute Gasteiger partial charge is 0.334 e. The van der Waals surface area contributed by atoms with Gasteiger partial charge in [-0.05, 0) is 55.3 Å². The summed E-state index contributed by atoms with van der Waals surface area (Å²) in [7, 11) is -3.54. The molecule has 1 unspecified atom stereocenters. The Labute approximate surface area is 178 Å². The molecule has 0 saturated carbocycles. The van der Waals surface area contributed by atoms with Crippen LogP contribution in [0.3, 0.4) is 0 Å². The lowest BCUT2D eigenvalue weighted by atomic mass is 10.1. The fourth-order valence-electron chi connectivity index (χ4n) is 3.51. The number of hydrogen-bond acceptors (Lipinski definition) is 5. The maximum atomic E-state index is 13.1. The monoisotopic (exact) mass is 428 g/mol. The Morgan fingerprint density at radius 3 is 2.33 bits per heavy atom. The predicted molar refractivity (Wildman–Crippen MR) is 116 cm³/mol. The molecule has 0 radical (unpaired) electrons. The van der Waals surface area contributed by atoms with Crippen LogP contribution in [0.4, 0.5) is 4.79 Å². The maximum absolute atomic E-state index is 13.1. The number of piperidine rings is 1. The second-order valence-electron chi connectivity index (χ2n) is 7.31. The van der Waals surface area contributed by atoms with Gasteiger partial charge in [-0.2, -0.15) is 0 Å². The van der Waals surface area contributed by atoms with E-state index < -0.39 is 15.2 Å². The van der Waals surface area contributed by atoms with Crippen LogP contribution in [0, 0.1) is 0 Å². The third-order valence-corrected chi connectivity index (χ3v) is 7.21. The van der Waals surface area contributed by atoms with Crippen LogP contribution in [0.15, 0.2) is 66.3 Å². The minimum atomic E-state index is -3.54. The van der Waals surface area contributed by atoms with Gasteiger partial charge in [0.25, 0.3) is 0 Å². The van der Waals surface area contributed by atoms with Crippen LogP contribution in [0.5, 0.6) is 0 Å². The van der Waals surface area contributed by atoms with E-state index in [2.05, 4.69) is 22.2 Å². The number of carbonyl (C=O) groups excluding carboxylic acids is 1. The predicted octanol–water partition coefficient (Wildman–Crippen LogP) is 2.85. The molecular formula is C22H28N4O3S. The first kappa shape index (κ1) is 22.0. The van der Waals surface area contributed by atoms with Crippen molar-refractivity contribution < 1.29 is 13.2 Å². The Kier molecular flexibility index (Phi) is 7.59. The molecule has 0 aliphatic carbocycles. The van der Waals surface area contributed by atoms with E-state index in [0.29, 0.717) is 13.1 Å². The van der Waals surface area contributed by atoms with Gasteiger partial charge in [0.2, 0.25) is 0 Å². The topological polar surface area (TPSA) is 91.4 Å². The summed E-state index contributed by atoms with van der Waals surface area (Å²) < 4.78 is 26.1. The number of rotatable bonds is 8. The molecule has 2 heterocycles. The van der Waals surface area contributed by atoms with E-state index in [0.717, 1.165) is 43.5 Å². The van der Waals surface area contributed by atoms with E-state index in [4.69, 9.17) is 0 Å². The molecule has 2 N–H and O–H groups in total. The fourth-order valence-corrected chi connectivity index (χ4v) is 5.16. The van der Waals surface area contributed by atoms with Crippen molar-refractivity contribution in [3.63, 3.8) is 0 Å². The Hall–Kier alpha value is -2.71. The number of likely N-dealkylation sites (tertiary alicyclic amines) is 1. The standard InChI is InChI=1S/C22H28N4O3S/c1-2-21(26-13-4-3-5-14-26)30(28,29)20-10-8-18(9-11-20)16-24-22(27)25-17-19-7-6-12-23-15-19/h2,6-12,15,21H,1,3-5,13-14,16-17H2,(H2,24,25,27). The van der Waals surface area contributed by atoms with Crippen molar-refractivity contribution in [1.82, 2.24) is 20.5 Å². The highest BCUT2D eigenvalue weighted by Crippen LogP contribution is 2.23. The molecule has 2 aromatic rings. The zero-order chi connectivity index (χ0) is 21.4. The number of aromatic nitrogens is 1. The van der Waals surface area contributed by atoms with Crippen LogP contribution >= 0.6 is 0 Å². The Morgan fingerprint density at radius 2 is 1.73 bits per heavy atom. The van der Waals surface area contributed by atoms with Gasteiger partial charge >= 0.3 is 6.03 Å². The SMILES string of the molecule is C=CC(N1CCCCC1)S(=O)(=O)c1ccc(CNC(=O)NCc2cccnc2)cc1. The van der Waals surface area contributed by atoms with Crippen LogP contribution in [0.25, 0.3) is 0 Å². The summed E-state index contributed by atoms with van der Waals surface area (Å²) in [6, 6.07) is 10.0. The fraction of sp³-hybridized carbons (Fsp3) is 0.364. The molecular weight excluding hydrogens is 400 g/mol. The number of hydrogen-bond donors (Lipinski definition) is 2. The molecule has 160 valence electrons. The van der Waals surface area contributed by atoms with Gasteiger partial charge in [-0.1, -0.05) is 30.7 Å². The van der Waals surface area contributed by atoms with E-state index in [1.807, 2.05) is 17.0 Å². The molecule has 1 aromatic heterocycles. The molecule has 30 heavy (non-hydrogen) atoms. The van der Waals surface area contributed by atoms with Crippen LogP contribution in [0.2, 0.25) is 0 Å². The number of sulfone groups is 1. The van der Waals surface area contributed by atoms with Crippen molar-refractivity contribution in [2.75, 3.05) is 13.1 Å². The van der Waals surface area contributed by atoms with E-state index >= 15 is 0 Å². The van der Waals surface area contributed by atoms with Crippen LogP contribution in [0.1, 0.15) is 30.4 Å². The van der Waals surface area contributed by atoms with E-state index in [1.54, 1.807) is 36.7 Å². The minimum Gasteiger partial charge on any atom is -0.334 e. The highest BCUT2D eigenvalue weighted by atomic mass is 32.2. The Bertz CT molecular complexity index is 940. The highest BCUT2D eigenvalue weighted by Gasteiger charge is 2.31. The quantitative estimate of drug-likeness (QED) is 0.631. The summed E-state index contributed by atoms with van der Waals surface area (Å²) >= 11 is 0. The summed E-state index contributed by atoms with van der Waals surface area (Å²) in [5, 5.41) is 4.82. The number of benzene rings is 1. The summed E-state index contributed by atoms with van der Waals surface area (Å²) in [4.78, 5) is 18.2. The van der Waals surface area contributed by atoms with Crippen molar-refractivity contribution in [3.8, 4) is 0 Å². The third-order valence-electron chi connectivity index (χ3n) is 5.15. The van der Waals surface area contributed by atoms with Crippen molar-refractivity contribution in [3.05, 3.63) is 72.6 Å². The van der Waals surface area contributed by atoms with Gasteiger partial charge < -0.3 is 10.6 Å². The van der Waals surface area contributed by atoms with Crippen molar-refractivity contribution in [1.29, 1.82) is 0 Å². The molecule has 1 atom stereocenters. The molecule has 1 aliphatic rings. The number of nitrogens with zero attached hydrogens (tertiary/aromatic N) is 2. The number of carbonyl (C=O) groups is 1. The van der Waals surface area contributed by atoms with Gasteiger partial charge in [0.1, 0.15) is 5.37 Å². The van der Waals surface area contributed by atoms with Gasteiger partial charge in [-0.3, -0.25) is 9.88 Å². The molecule has 8 heteroatoms. The van der Waals surface area contributed by atoms with Crippen LogP contribution in [-0.2, 0) is 22.9 Å². The molecule has 0 bridgehead atoms. The lowest BCUT2D eigenvalue weighted by Gasteiger charge is -2.32. The number of nitrogens with one attached hydrogen (secondary N) is 2. The number of pyridine rings is 1. The second-order valence-corrected chi connectivity index (χ2v) is 9.35. The van der Waals surface area contributed by atoms with Gasteiger partial charge in [0.15, 0.2) is 9.84 Å². The molecule has 2 amide bonds. The number of amides is 2. The second kappa shape index (κ2) is 10.4. The van der Waals surface area contributed by atoms with E-state index in [9.17, 15) is 13.2 Å². The molecule has 1 fully saturated rings. The highest BCUT2D eigenvalue weighted by molar-refractivity contribution is 7.92. The molecule has 1 saturated heterocycles. The molecule has 1 aromatic carbocycles. The zero-order valence-corrected chi connectivity index (χ0v) is 17.8. The summed E-state index contributed by atoms with van der Waals surface area (Å²) in [6.07, 6.45) is 8.04. The first-order valence-electron chi connectivity index (χ1n) is 10.1. The van der Waals surface area contributed by atoms with Crippen LogP contribution < -0.4 is 10.6 Å². The minimum absolute atomic E-state index is 0.266. The van der Waals surface area contributed by atoms with Gasteiger partial charge in [-0.15, -0.1) is 6.58 Å². The van der Waals surface area contributed by atoms with Crippen molar-refractivity contribution in [2.45, 2.75) is 42.6 Å². The first-order valence-corrected chi connectivity index (χ1v) is 11.7. The zero-order valence-electron chi connectivity index (χ0n) is 17.0. The van der Waals surface area contributed by atoms with E-state index in [-0.39, 0.29) is 10.9 Å². The van der Waals surface area contributed by atoms with E-state index in [1.165, 1.54) is 6.08 Å². The lowest BCUT2D eigenvalue weighted by Crippen LogP contribution is -2.42. The molecule has 3 rings (SSSR count). The Balaban J connectivity index is 1.55. The first-order chi connectivity index (χ1) is 14.5. The number of urea groups is 1. The van der Waals surface area contributed by atoms with Gasteiger partial charge in [0.05, 0.1) is 4.90 Å². The lowest BCUT2D eigenvalue weighted by molar-refractivity contribution is 0.229.